The Morgan fingerprint density at radius 2 is 2.47 bits per heavy atom. The van der Waals surface area contributed by atoms with Gasteiger partial charge >= 0.3 is 5.97 Å². The fraction of sp³-hybridized carbons (Fsp3) is 0.667. The number of nitrogens with zero attached hydrogens (tertiary/aromatic N) is 1. The molecule has 1 aromatic heterocycles. The summed E-state index contributed by atoms with van der Waals surface area (Å²) in [7, 11) is 0. The van der Waals surface area contributed by atoms with Crippen molar-refractivity contribution < 1.29 is 9.90 Å². The second kappa shape index (κ2) is 5.14. The van der Waals surface area contributed by atoms with E-state index in [1.807, 2.05) is 0 Å². The van der Waals surface area contributed by atoms with Gasteiger partial charge in [0.05, 0.1) is 10.7 Å². The number of hydrogen-bond donors (Lipinski definition) is 2. The van der Waals surface area contributed by atoms with Crippen molar-refractivity contribution in [3.8, 4) is 0 Å². The standard InChI is InChI=1S/C12H18N2O2S/c1-2-7-3-4-8(5-7)11-14-9(6-17-11)10(13)12(15)16/h6-8,10H,2-5,13H2,1H3,(H,15,16). The third-order valence-corrected chi connectivity index (χ3v) is 4.62. The molecule has 1 aliphatic rings. The average molecular weight is 254 g/mol. The normalized spacial score (nSPS) is 26.0. The number of hydrogen-bond acceptors (Lipinski definition) is 4. The minimum absolute atomic E-state index is 0.498. The molecule has 0 radical (unpaired) electrons. The molecule has 0 bridgehead atoms. The highest BCUT2D eigenvalue weighted by molar-refractivity contribution is 7.09. The van der Waals surface area contributed by atoms with E-state index >= 15 is 0 Å². The first-order chi connectivity index (χ1) is 8.11. The van der Waals surface area contributed by atoms with E-state index in [1.165, 1.54) is 25.7 Å². The third kappa shape index (κ3) is 2.66. The highest BCUT2D eigenvalue weighted by atomic mass is 32.1. The molecule has 4 nitrogen and oxygen atoms in total. The molecule has 3 unspecified atom stereocenters. The first-order valence-corrected chi connectivity index (χ1v) is 6.93. The largest absolute Gasteiger partial charge is 0.480 e. The second-order valence-corrected chi connectivity index (χ2v) is 5.60. The summed E-state index contributed by atoms with van der Waals surface area (Å²) < 4.78 is 0. The Kier molecular flexibility index (Phi) is 3.79. The first-order valence-electron chi connectivity index (χ1n) is 6.05. The van der Waals surface area contributed by atoms with Crippen molar-refractivity contribution in [1.82, 2.24) is 4.98 Å². The number of nitrogens with two attached hydrogens (primary N) is 1. The molecule has 0 saturated heterocycles. The van der Waals surface area contributed by atoms with Crippen LogP contribution in [0.15, 0.2) is 5.38 Å². The van der Waals surface area contributed by atoms with Gasteiger partial charge in [-0.2, -0.15) is 0 Å². The lowest BCUT2D eigenvalue weighted by Gasteiger charge is -2.06. The summed E-state index contributed by atoms with van der Waals surface area (Å²) in [5.41, 5.74) is 6.05. The zero-order valence-corrected chi connectivity index (χ0v) is 10.7. The highest BCUT2D eigenvalue weighted by Crippen LogP contribution is 2.40. The Labute approximate surface area is 105 Å². The minimum Gasteiger partial charge on any atom is -0.480 e. The van der Waals surface area contributed by atoms with Gasteiger partial charge in [0.25, 0.3) is 0 Å². The van der Waals surface area contributed by atoms with Gasteiger partial charge in [-0.05, 0) is 25.2 Å². The molecule has 5 heteroatoms. The fourth-order valence-electron chi connectivity index (χ4n) is 2.43. The summed E-state index contributed by atoms with van der Waals surface area (Å²) >= 11 is 1.55. The Morgan fingerprint density at radius 1 is 1.71 bits per heavy atom. The van der Waals surface area contributed by atoms with Gasteiger partial charge in [0.1, 0.15) is 6.04 Å². The summed E-state index contributed by atoms with van der Waals surface area (Å²) in [6.07, 6.45) is 4.85. The van der Waals surface area contributed by atoms with Crippen LogP contribution in [-0.2, 0) is 4.79 Å². The predicted octanol–water partition coefficient (Wildman–Crippen LogP) is 2.52. The number of rotatable bonds is 4. The van der Waals surface area contributed by atoms with Gasteiger partial charge in [0.15, 0.2) is 0 Å². The number of thiazole rings is 1. The van der Waals surface area contributed by atoms with Crippen LogP contribution in [0, 0.1) is 5.92 Å². The lowest BCUT2D eigenvalue weighted by molar-refractivity contribution is -0.138. The molecule has 1 saturated carbocycles. The zero-order chi connectivity index (χ0) is 12.4. The Bertz CT molecular complexity index is 405. The van der Waals surface area contributed by atoms with Crippen LogP contribution in [0.25, 0.3) is 0 Å². The maximum atomic E-state index is 10.8. The second-order valence-electron chi connectivity index (χ2n) is 4.71. The van der Waals surface area contributed by atoms with E-state index in [9.17, 15) is 4.79 Å². The summed E-state index contributed by atoms with van der Waals surface area (Å²) in [4.78, 5) is 15.2. The van der Waals surface area contributed by atoms with Crippen LogP contribution >= 0.6 is 11.3 Å². The molecule has 1 aromatic rings. The first kappa shape index (κ1) is 12.5. The molecular weight excluding hydrogens is 236 g/mol. The maximum absolute atomic E-state index is 10.8. The van der Waals surface area contributed by atoms with Crippen molar-refractivity contribution in [3.05, 3.63) is 16.1 Å². The average Bonchev–Trinajstić information content (AvgIpc) is 2.96. The minimum atomic E-state index is -1.01. The van der Waals surface area contributed by atoms with Crippen LogP contribution in [0.2, 0.25) is 0 Å². The van der Waals surface area contributed by atoms with E-state index in [0.29, 0.717) is 11.6 Å². The monoisotopic (exact) mass is 254 g/mol. The molecule has 0 spiro atoms. The maximum Gasteiger partial charge on any atom is 0.326 e. The summed E-state index contributed by atoms with van der Waals surface area (Å²) in [6.45, 7) is 2.22. The Balaban J connectivity index is 2.06. The lowest BCUT2D eigenvalue weighted by atomic mass is 10.0. The molecule has 0 amide bonds. The van der Waals surface area contributed by atoms with Gasteiger partial charge in [-0.25, -0.2) is 4.98 Å². The highest BCUT2D eigenvalue weighted by Gasteiger charge is 2.28. The van der Waals surface area contributed by atoms with Crippen molar-refractivity contribution in [3.63, 3.8) is 0 Å². The van der Waals surface area contributed by atoms with Gasteiger partial charge < -0.3 is 10.8 Å². The van der Waals surface area contributed by atoms with Gasteiger partial charge in [-0.3, -0.25) is 4.79 Å². The smallest absolute Gasteiger partial charge is 0.326 e. The molecule has 1 fully saturated rings. The van der Waals surface area contributed by atoms with Crippen LogP contribution in [0.5, 0.6) is 0 Å². The van der Waals surface area contributed by atoms with E-state index < -0.39 is 12.0 Å². The molecule has 0 aromatic carbocycles. The molecule has 2 rings (SSSR count). The molecule has 1 heterocycles. The van der Waals surface area contributed by atoms with Crippen LogP contribution in [0.3, 0.4) is 0 Å². The molecular formula is C12H18N2O2S. The van der Waals surface area contributed by atoms with Crippen LogP contribution < -0.4 is 5.73 Å². The van der Waals surface area contributed by atoms with Gasteiger partial charge in [-0.1, -0.05) is 13.3 Å². The topological polar surface area (TPSA) is 76.2 Å². The lowest BCUT2D eigenvalue weighted by Crippen LogP contribution is -2.21. The van der Waals surface area contributed by atoms with Crippen molar-refractivity contribution in [2.75, 3.05) is 0 Å². The van der Waals surface area contributed by atoms with E-state index in [-0.39, 0.29) is 0 Å². The fourth-order valence-corrected chi connectivity index (χ4v) is 3.43. The molecule has 3 N–H and O–H groups in total. The van der Waals surface area contributed by atoms with E-state index in [1.54, 1.807) is 16.7 Å². The van der Waals surface area contributed by atoms with Crippen LogP contribution in [0.1, 0.15) is 55.3 Å². The van der Waals surface area contributed by atoms with Crippen LogP contribution in [-0.4, -0.2) is 16.1 Å². The SMILES string of the molecule is CCC1CCC(c2nc(C(N)C(=O)O)cs2)C1. The van der Waals surface area contributed by atoms with Gasteiger partial charge in [-0.15, -0.1) is 11.3 Å². The molecule has 3 atom stereocenters. The zero-order valence-electron chi connectivity index (χ0n) is 9.93. The summed E-state index contributed by atoms with van der Waals surface area (Å²) in [5.74, 6) is 0.305. The van der Waals surface area contributed by atoms with Crippen molar-refractivity contribution in [1.29, 1.82) is 0 Å². The van der Waals surface area contributed by atoms with Gasteiger partial charge in [0, 0.05) is 11.3 Å². The van der Waals surface area contributed by atoms with Gasteiger partial charge in [0.2, 0.25) is 0 Å². The van der Waals surface area contributed by atoms with Crippen LogP contribution in [0.4, 0.5) is 0 Å². The molecule has 94 valence electrons. The third-order valence-electron chi connectivity index (χ3n) is 3.59. The quantitative estimate of drug-likeness (QED) is 0.865. The number of carbonyl (C=O) groups is 1. The number of aromatic nitrogens is 1. The summed E-state index contributed by atoms with van der Waals surface area (Å²) in [5, 5.41) is 11.7. The van der Waals surface area contributed by atoms with Crippen molar-refractivity contribution in [2.24, 2.45) is 11.7 Å². The Hall–Kier alpha value is -0.940. The predicted molar refractivity (Wildman–Crippen MR) is 67.1 cm³/mol. The van der Waals surface area contributed by atoms with E-state index in [0.717, 1.165) is 10.9 Å². The van der Waals surface area contributed by atoms with E-state index in [4.69, 9.17) is 10.8 Å². The number of carboxylic acids is 1. The molecule has 17 heavy (non-hydrogen) atoms. The van der Waals surface area contributed by atoms with Crippen molar-refractivity contribution in [2.45, 2.75) is 44.6 Å². The van der Waals surface area contributed by atoms with E-state index in [2.05, 4.69) is 11.9 Å². The number of aliphatic carboxylic acids is 1. The van der Waals surface area contributed by atoms with Crippen molar-refractivity contribution >= 4 is 17.3 Å². The number of carboxylic acid groups (broad SMARTS) is 1. The Morgan fingerprint density at radius 3 is 3.06 bits per heavy atom. The summed E-state index contributed by atoms with van der Waals surface area (Å²) in [6, 6.07) is -0.983. The molecule has 0 aliphatic heterocycles. The molecule has 1 aliphatic carbocycles.